The van der Waals surface area contributed by atoms with Crippen molar-refractivity contribution in [3.63, 3.8) is 0 Å². The molecule has 0 unspecified atom stereocenters. The van der Waals surface area contributed by atoms with Crippen LogP contribution in [-0.4, -0.2) is 9.97 Å². The second kappa shape index (κ2) is 5.08. The molecular weight excluding hydrogens is 242 g/mol. The van der Waals surface area contributed by atoms with Gasteiger partial charge in [0.25, 0.3) is 0 Å². The summed E-state index contributed by atoms with van der Waals surface area (Å²) in [6.45, 7) is 3.88. The van der Waals surface area contributed by atoms with Gasteiger partial charge in [0.05, 0.1) is 11.4 Å². The van der Waals surface area contributed by atoms with Crippen molar-refractivity contribution in [3.8, 4) is 0 Å². The normalized spacial score (nSPS) is 13.6. The van der Waals surface area contributed by atoms with Crippen molar-refractivity contribution in [3.05, 3.63) is 53.1 Å². The summed E-state index contributed by atoms with van der Waals surface area (Å²) < 4.78 is 0. The zero-order valence-electron chi connectivity index (χ0n) is 10.3. The lowest BCUT2D eigenvalue weighted by atomic mass is 10.2. The fraction of sp³-hybridized carbons (Fsp3) is 0.286. The van der Waals surface area contributed by atoms with E-state index < -0.39 is 0 Å². The monoisotopic (exact) mass is 257 g/mol. The molecule has 0 aliphatic carbocycles. The third-order valence-corrected chi connectivity index (χ3v) is 4.01. The molecule has 2 heterocycles. The van der Waals surface area contributed by atoms with Crippen molar-refractivity contribution in [1.82, 2.24) is 15.3 Å². The van der Waals surface area contributed by atoms with Crippen LogP contribution in [0, 0.1) is 6.92 Å². The molecule has 18 heavy (non-hydrogen) atoms. The fourth-order valence-electron chi connectivity index (χ4n) is 1.95. The number of nitrogens with one attached hydrogen (secondary N) is 1. The summed E-state index contributed by atoms with van der Waals surface area (Å²) in [5, 5.41) is 3.29. The van der Waals surface area contributed by atoms with Gasteiger partial charge in [-0.3, -0.25) is 0 Å². The molecule has 1 aromatic carbocycles. The Bertz CT molecular complexity index is 551. The smallest absolute Gasteiger partial charge is 0.138 e. The molecule has 1 aliphatic rings. The molecule has 0 spiro atoms. The first-order valence-electron chi connectivity index (χ1n) is 6.05. The highest BCUT2D eigenvalue weighted by Crippen LogP contribution is 2.22. The van der Waals surface area contributed by atoms with Gasteiger partial charge in [0.2, 0.25) is 0 Å². The van der Waals surface area contributed by atoms with Crippen molar-refractivity contribution in [2.24, 2.45) is 0 Å². The van der Waals surface area contributed by atoms with Gasteiger partial charge in [0.1, 0.15) is 5.82 Å². The van der Waals surface area contributed by atoms with Crippen molar-refractivity contribution < 1.29 is 0 Å². The first-order valence-corrected chi connectivity index (χ1v) is 7.04. The van der Waals surface area contributed by atoms with E-state index >= 15 is 0 Å². The van der Waals surface area contributed by atoms with E-state index in [0.717, 1.165) is 30.4 Å². The molecular formula is C14H15N3S. The Morgan fingerprint density at radius 2 is 2.06 bits per heavy atom. The number of aryl methyl sites for hydroxylation is 1. The molecule has 4 heteroatoms. The molecule has 0 radical (unpaired) electrons. The highest BCUT2D eigenvalue weighted by molar-refractivity contribution is 7.98. The van der Waals surface area contributed by atoms with Crippen LogP contribution in [-0.2, 0) is 18.8 Å². The number of benzene rings is 1. The maximum absolute atomic E-state index is 4.59. The molecule has 0 amide bonds. The zero-order chi connectivity index (χ0) is 12.4. The topological polar surface area (TPSA) is 37.8 Å². The Kier molecular flexibility index (Phi) is 3.30. The number of aromatic nitrogens is 2. The molecule has 0 atom stereocenters. The van der Waals surface area contributed by atoms with Crippen LogP contribution in [0.1, 0.15) is 22.6 Å². The predicted molar refractivity (Wildman–Crippen MR) is 73.3 cm³/mol. The summed E-state index contributed by atoms with van der Waals surface area (Å²) in [6, 6.07) is 8.56. The first-order chi connectivity index (χ1) is 8.81. The van der Waals surface area contributed by atoms with Gasteiger partial charge < -0.3 is 5.32 Å². The van der Waals surface area contributed by atoms with Gasteiger partial charge in [0, 0.05) is 29.7 Å². The zero-order valence-corrected chi connectivity index (χ0v) is 11.1. The highest BCUT2D eigenvalue weighted by Gasteiger charge is 2.12. The molecule has 92 valence electrons. The van der Waals surface area contributed by atoms with Gasteiger partial charge in [-0.1, -0.05) is 17.7 Å². The van der Waals surface area contributed by atoms with E-state index in [1.807, 2.05) is 6.20 Å². The first kappa shape index (κ1) is 11.7. The van der Waals surface area contributed by atoms with Crippen LogP contribution in [0.2, 0.25) is 0 Å². The van der Waals surface area contributed by atoms with Gasteiger partial charge in [0.15, 0.2) is 0 Å². The molecule has 0 bridgehead atoms. The van der Waals surface area contributed by atoms with Gasteiger partial charge >= 0.3 is 0 Å². The molecule has 2 aromatic rings. The van der Waals surface area contributed by atoms with Gasteiger partial charge in [-0.15, -0.1) is 11.8 Å². The minimum absolute atomic E-state index is 0.830. The largest absolute Gasteiger partial charge is 0.307 e. The van der Waals surface area contributed by atoms with E-state index in [9.17, 15) is 0 Å². The Morgan fingerprint density at radius 3 is 2.89 bits per heavy atom. The average Bonchev–Trinajstić information content (AvgIpc) is 2.85. The van der Waals surface area contributed by atoms with E-state index in [1.165, 1.54) is 16.0 Å². The van der Waals surface area contributed by atoms with Crippen LogP contribution in [0.4, 0.5) is 0 Å². The van der Waals surface area contributed by atoms with E-state index in [-0.39, 0.29) is 0 Å². The second-order valence-electron chi connectivity index (χ2n) is 4.46. The molecule has 1 N–H and O–H groups in total. The van der Waals surface area contributed by atoms with Crippen molar-refractivity contribution in [2.75, 3.05) is 0 Å². The fourth-order valence-corrected chi connectivity index (χ4v) is 2.72. The van der Waals surface area contributed by atoms with Crippen molar-refractivity contribution >= 4 is 11.8 Å². The third-order valence-electron chi connectivity index (χ3n) is 3.00. The average molecular weight is 257 g/mol. The molecule has 1 aromatic heterocycles. The summed E-state index contributed by atoms with van der Waals surface area (Å²) >= 11 is 1.78. The van der Waals surface area contributed by atoms with Crippen molar-refractivity contribution in [2.45, 2.75) is 30.7 Å². The lowest BCUT2D eigenvalue weighted by Gasteiger charge is -2.03. The highest BCUT2D eigenvalue weighted by atomic mass is 32.2. The number of fused-ring (bicyclic) bond motifs is 1. The lowest BCUT2D eigenvalue weighted by Crippen LogP contribution is -2.01. The predicted octanol–water partition coefficient (Wildman–Crippen LogP) is 2.68. The summed E-state index contributed by atoms with van der Waals surface area (Å²) in [4.78, 5) is 10.3. The minimum Gasteiger partial charge on any atom is -0.307 e. The standard InChI is InChI=1S/C14H15N3S/c1-10-2-4-12(5-3-10)18-9-14-16-7-11-6-15-8-13(11)17-14/h2-5,7,15H,6,8-9H2,1H3. The number of hydrogen-bond acceptors (Lipinski definition) is 4. The second-order valence-corrected chi connectivity index (χ2v) is 5.51. The van der Waals surface area contributed by atoms with Crippen molar-refractivity contribution in [1.29, 1.82) is 0 Å². The van der Waals surface area contributed by atoms with Gasteiger partial charge in [-0.25, -0.2) is 9.97 Å². The van der Waals surface area contributed by atoms with Crippen LogP contribution in [0.15, 0.2) is 35.4 Å². The Balaban J connectivity index is 1.68. The number of thioether (sulfide) groups is 1. The lowest BCUT2D eigenvalue weighted by molar-refractivity contribution is 0.756. The van der Waals surface area contributed by atoms with E-state index in [4.69, 9.17) is 0 Å². The SMILES string of the molecule is Cc1ccc(SCc2ncc3c(n2)CNC3)cc1. The summed E-state index contributed by atoms with van der Waals surface area (Å²) in [5.74, 6) is 1.75. The van der Waals surface area contributed by atoms with E-state index in [2.05, 4.69) is 46.5 Å². The summed E-state index contributed by atoms with van der Waals surface area (Å²) in [6.07, 6.45) is 1.95. The minimum atomic E-state index is 0.830. The maximum atomic E-state index is 4.59. The summed E-state index contributed by atoms with van der Waals surface area (Å²) in [5.41, 5.74) is 3.68. The third kappa shape index (κ3) is 2.54. The number of hydrogen-bond donors (Lipinski definition) is 1. The molecule has 3 nitrogen and oxygen atoms in total. The van der Waals surface area contributed by atoms with Gasteiger partial charge in [-0.2, -0.15) is 0 Å². The molecule has 0 saturated heterocycles. The Morgan fingerprint density at radius 1 is 1.22 bits per heavy atom. The van der Waals surface area contributed by atoms with Crippen LogP contribution in [0.5, 0.6) is 0 Å². The van der Waals surface area contributed by atoms with E-state index in [0.29, 0.717) is 0 Å². The van der Waals surface area contributed by atoms with Crippen LogP contribution in [0.25, 0.3) is 0 Å². The maximum Gasteiger partial charge on any atom is 0.138 e. The Hall–Kier alpha value is -1.39. The Labute approximate surface area is 111 Å². The van der Waals surface area contributed by atoms with Crippen LogP contribution >= 0.6 is 11.8 Å². The van der Waals surface area contributed by atoms with Crippen LogP contribution in [0.3, 0.4) is 0 Å². The molecule has 1 aliphatic heterocycles. The van der Waals surface area contributed by atoms with E-state index in [1.54, 1.807) is 11.8 Å². The summed E-state index contributed by atoms with van der Waals surface area (Å²) in [7, 11) is 0. The molecule has 3 rings (SSSR count). The number of nitrogens with zero attached hydrogens (tertiary/aromatic N) is 2. The molecule has 0 saturated carbocycles. The van der Waals surface area contributed by atoms with Crippen LogP contribution < -0.4 is 5.32 Å². The van der Waals surface area contributed by atoms with Gasteiger partial charge in [-0.05, 0) is 19.1 Å². The number of rotatable bonds is 3. The quantitative estimate of drug-likeness (QED) is 0.858. The molecule has 0 fully saturated rings.